The fourth-order valence-electron chi connectivity index (χ4n) is 3.46. The lowest BCUT2D eigenvalue weighted by atomic mass is 10.0. The highest BCUT2D eigenvalue weighted by Crippen LogP contribution is 2.31. The van der Waals surface area contributed by atoms with Crippen LogP contribution in [-0.2, 0) is 0 Å². The number of likely N-dealkylation sites (tertiary alicyclic amines) is 1. The molecule has 1 unspecified atom stereocenters. The normalized spacial score (nSPS) is 19.2. The van der Waals surface area contributed by atoms with Crippen molar-refractivity contribution >= 4 is 0 Å². The second-order valence-corrected chi connectivity index (χ2v) is 6.90. The molecule has 2 aromatic rings. The largest absolute Gasteiger partial charge is 0.489 e. The zero-order chi connectivity index (χ0) is 17.9. The van der Waals surface area contributed by atoms with Gasteiger partial charge in [-0.2, -0.15) is 0 Å². The molecule has 4 heterocycles. The van der Waals surface area contributed by atoms with Gasteiger partial charge in [-0.3, -0.25) is 9.88 Å². The second-order valence-electron chi connectivity index (χ2n) is 6.90. The lowest BCUT2D eigenvalue weighted by molar-refractivity contribution is 0.0778. The van der Waals surface area contributed by atoms with Crippen molar-refractivity contribution in [3.8, 4) is 17.4 Å². The average molecular weight is 355 g/mol. The summed E-state index contributed by atoms with van der Waals surface area (Å²) in [5, 5.41) is 0. The van der Waals surface area contributed by atoms with Gasteiger partial charge in [-0.05, 0) is 51.0 Å². The number of piperidine rings is 1. The van der Waals surface area contributed by atoms with Crippen molar-refractivity contribution in [3.05, 3.63) is 41.9 Å². The molecule has 2 aliphatic heterocycles. The SMILES string of the molecule is Cc1ccc(OC2CCN(C(C)c3ccc4c(n3)OCCO4)CC2)cn1. The van der Waals surface area contributed by atoms with E-state index in [9.17, 15) is 0 Å². The van der Waals surface area contributed by atoms with E-state index in [-0.39, 0.29) is 12.1 Å². The molecule has 0 bridgehead atoms. The Kier molecular flexibility index (Phi) is 4.93. The van der Waals surface area contributed by atoms with E-state index in [0.717, 1.165) is 48.8 Å². The fourth-order valence-corrected chi connectivity index (χ4v) is 3.46. The molecule has 0 aliphatic carbocycles. The van der Waals surface area contributed by atoms with Gasteiger partial charge in [-0.25, -0.2) is 4.98 Å². The van der Waals surface area contributed by atoms with Crippen LogP contribution in [0.25, 0.3) is 0 Å². The van der Waals surface area contributed by atoms with Gasteiger partial charge >= 0.3 is 0 Å². The van der Waals surface area contributed by atoms with Crippen LogP contribution in [0.1, 0.15) is 37.2 Å². The molecule has 0 radical (unpaired) electrons. The van der Waals surface area contributed by atoms with Crippen LogP contribution in [0.5, 0.6) is 17.4 Å². The molecule has 0 amide bonds. The van der Waals surface area contributed by atoms with Gasteiger partial charge in [-0.15, -0.1) is 0 Å². The third-order valence-electron chi connectivity index (χ3n) is 5.07. The van der Waals surface area contributed by atoms with Gasteiger partial charge in [0, 0.05) is 24.8 Å². The van der Waals surface area contributed by atoms with Gasteiger partial charge in [0.15, 0.2) is 5.75 Å². The predicted molar refractivity (Wildman–Crippen MR) is 97.8 cm³/mol. The third kappa shape index (κ3) is 3.75. The zero-order valence-electron chi connectivity index (χ0n) is 15.4. The number of fused-ring (bicyclic) bond motifs is 1. The molecule has 0 N–H and O–H groups in total. The zero-order valence-corrected chi connectivity index (χ0v) is 15.4. The topological polar surface area (TPSA) is 56.7 Å². The summed E-state index contributed by atoms with van der Waals surface area (Å²) in [4.78, 5) is 11.4. The first-order chi connectivity index (χ1) is 12.7. The highest BCUT2D eigenvalue weighted by molar-refractivity contribution is 5.36. The number of rotatable bonds is 4. The second kappa shape index (κ2) is 7.50. The van der Waals surface area contributed by atoms with Crippen LogP contribution < -0.4 is 14.2 Å². The number of nitrogens with zero attached hydrogens (tertiary/aromatic N) is 3. The van der Waals surface area contributed by atoms with Crippen molar-refractivity contribution in [1.29, 1.82) is 0 Å². The van der Waals surface area contributed by atoms with Crippen LogP contribution in [0.15, 0.2) is 30.5 Å². The number of aromatic nitrogens is 2. The summed E-state index contributed by atoms with van der Waals surface area (Å²) in [6.07, 6.45) is 4.06. The summed E-state index contributed by atoms with van der Waals surface area (Å²) in [6, 6.07) is 8.23. The minimum atomic E-state index is 0.243. The molecule has 6 heteroatoms. The number of hydrogen-bond donors (Lipinski definition) is 0. The molecule has 0 aromatic carbocycles. The van der Waals surface area contributed by atoms with Crippen molar-refractivity contribution in [1.82, 2.24) is 14.9 Å². The Morgan fingerprint density at radius 1 is 1.12 bits per heavy atom. The predicted octanol–water partition coefficient (Wildman–Crippen LogP) is 3.16. The summed E-state index contributed by atoms with van der Waals surface area (Å²) >= 11 is 0. The maximum Gasteiger partial charge on any atom is 0.257 e. The first kappa shape index (κ1) is 17.1. The van der Waals surface area contributed by atoms with Gasteiger partial charge in [-0.1, -0.05) is 0 Å². The molecule has 138 valence electrons. The van der Waals surface area contributed by atoms with Crippen molar-refractivity contribution in [2.45, 2.75) is 38.8 Å². The van der Waals surface area contributed by atoms with Crippen LogP contribution in [-0.4, -0.2) is 47.3 Å². The quantitative estimate of drug-likeness (QED) is 0.840. The summed E-state index contributed by atoms with van der Waals surface area (Å²) in [6.45, 7) is 7.31. The molecule has 0 saturated carbocycles. The standard InChI is InChI=1S/C20H25N3O3/c1-14-3-4-17(13-21-14)26-16-7-9-23(10-8-16)15(2)18-5-6-19-20(22-18)25-12-11-24-19/h3-6,13,15-16H,7-12H2,1-2H3. The van der Waals surface area contributed by atoms with Crippen LogP contribution in [0, 0.1) is 6.92 Å². The highest BCUT2D eigenvalue weighted by atomic mass is 16.6. The smallest absolute Gasteiger partial charge is 0.257 e. The lowest BCUT2D eigenvalue weighted by Crippen LogP contribution is -2.39. The Bertz CT molecular complexity index is 742. The monoisotopic (exact) mass is 355 g/mol. The van der Waals surface area contributed by atoms with E-state index in [4.69, 9.17) is 14.2 Å². The van der Waals surface area contributed by atoms with E-state index >= 15 is 0 Å². The Morgan fingerprint density at radius 3 is 2.69 bits per heavy atom. The third-order valence-corrected chi connectivity index (χ3v) is 5.07. The van der Waals surface area contributed by atoms with Gasteiger partial charge in [0.2, 0.25) is 0 Å². The van der Waals surface area contributed by atoms with Crippen LogP contribution >= 0.6 is 0 Å². The number of hydrogen-bond acceptors (Lipinski definition) is 6. The van der Waals surface area contributed by atoms with E-state index in [2.05, 4.69) is 21.8 Å². The maximum absolute atomic E-state index is 6.08. The minimum absolute atomic E-state index is 0.243. The summed E-state index contributed by atoms with van der Waals surface area (Å²) in [5.41, 5.74) is 2.03. The molecule has 0 spiro atoms. The van der Waals surface area contributed by atoms with E-state index < -0.39 is 0 Å². The molecular weight excluding hydrogens is 330 g/mol. The Labute approximate surface area is 154 Å². The van der Waals surface area contributed by atoms with Crippen molar-refractivity contribution in [2.24, 2.45) is 0 Å². The molecule has 1 atom stereocenters. The summed E-state index contributed by atoms with van der Waals surface area (Å²) < 4.78 is 17.2. The lowest BCUT2D eigenvalue weighted by Gasteiger charge is -2.36. The molecule has 26 heavy (non-hydrogen) atoms. The highest BCUT2D eigenvalue weighted by Gasteiger charge is 2.26. The molecular formula is C20H25N3O3. The minimum Gasteiger partial charge on any atom is -0.489 e. The number of aryl methyl sites for hydroxylation is 1. The van der Waals surface area contributed by atoms with Crippen molar-refractivity contribution < 1.29 is 14.2 Å². The van der Waals surface area contributed by atoms with Crippen LogP contribution in [0.2, 0.25) is 0 Å². The maximum atomic E-state index is 6.08. The van der Waals surface area contributed by atoms with E-state index in [1.165, 1.54) is 0 Å². The number of pyridine rings is 2. The van der Waals surface area contributed by atoms with Gasteiger partial charge in [0.05, 0.1) is 11.9 Å². The molecule has 2 aromatic heterocycles. The first-order valence-corrected chi connectivity index (χ1v) is 9.29. The van der Waals surface area contributed by atoms with Crippen molar-refractivity contribution in [3.63, 3.8) is 0 Å². The van der Waals surface area contributed by atoms with Gasteiger partial charge in [0.25, 0.3) is 5.88 Å². The fraction of sp³-hybridized carbons (Fsp3) is 0.500. The average Bonchev–Trinajstić information content (AvgIpc) is 2.69. The Morgan fingerprint density at radius 2 is 1.92 bits per heavy atom. The van der Waals surface area contributed by atoms with Crippen LogP contribution in [0.3, 0.4) is 0 Å². The van der Waals surface area contributed by atoms with Gasteiger partial charge in [0.1, 0.15) is 25.1 Å². The molecule has 1 saturated heterocycles. The van der Waals surface area contributed by atoms with E-state index in [0.29, 0.717) is 19.1 Å². The summed E-state index contributed by atoms with van der Waals surface area (Å²) in [5.74, 6) is 2.22. The van der Waals surface area contributed by atoms with Crippen LogP contribution in [0.4, 0.5) is 0 Å². The van der Waals surface area contributed by atoms with E-state index in [1.807, 2.05) is 37.4 Å². The van der Waals surface area contributed by atoms with Crippen molar-refractivity contribution in [2.75, 3.05) is 26.3 Å². The van der Waals surface area contributed by atoms with E-state index in [1.54, 1.807) is 0 Å². The molecule has 4 rings (SSSR count). The van der Waals surface area contributed by atoms with Gasteiger partial charge < -0.3 is 14.2 Å². The molecule has 2 aliphatic rings. The molecule has 1 fully saturated rings. The first-order valence-electron chi connectivity index (χ1n) is 9.29. The molecule has 6 nitrogen and oxygen atoms in total. The number of ether oxygens (including phenoxy) is 3. The Balaban J connectivity index is 1.34. The Hall–Kier alpha value is -2.34. The summed E-state index contributed by atoms with van der Waals surface area (Å²) in [7, 11) is 0.